The van der Waals surface area contributed by atoms with Crippen LogP contribution >= 0.6 is 23.2 Å². The predicted octanol–water partition coefficient (Wildman–Crippen LogP) is 5.00. The Bertz CT molecular complexity index is 1200. The fourth-order valence-corrected chi connectivity index (χ4v) is 3.97. The van der Waals surface area contributed by atoms with E-state index in [1.54, 1.807) is 12.1 Å². The summed E-state index contributed by atoms with van der Waals surface area (Å²) in [6.45, 7) is -0.122. The summed E-state index contributed by atoms with van der Waals surface area (Å²) in [5.41, 5.74) is 0.395. The van der Waals surface area contributed by atoms with Gasteiger partial charge in [0.05, 0.1) is 10.6 Å². The van der Waals surface area contributed by atoms with Crippen LogP contribution in [0.5, 0.6) is 0 Å². The van der Waals surface area contributed by atoms with E-state index in [0.717, 1.165) is 30.3 Å². The standard InChI is InChI=1S/C20H14Cl2F2N2O3S/c21-14-4-1-13(17(22)9-14)11-25-30(28,29)16-7-8-19(18(24)10-16)26-20(27)12-2-5-15(23)6-3-12/h1-10,25H,11H2,(H,26,27). The third-order valence-electron chi connectivity index (χ3n) is 4.07. The lowest BCUT2D eigenvalue weighted by Crippen LogP contribution is -2.23. The molecule has 0 radical (unpaired) electrons. The molecule has 10 heteroatoms. The van der Waals surface area contributed by atoms with Gasteiger partial charge in [-0.25, -0.2) is 21.9 Å². The number of carbonyl (C=O) groups is 1. The molecular weight excluding hydrogens is 457 g/mol. The van der Waals surface area contributed by atoms with Crippen molar-refractivity contribution in [2.24, 2.45) is 0 Å². The molecule has 0 aromatic heterocycles. The lowest BCUT2D eigenvalue weighted by Gasteiger charge is -2.11. The van der Waals surface area contributed by atoms with Gasteiger partial charge in [0.2, 0.25) is 10.0 Å². The number of carbonyl (C=O) groups excluding carboxylic acids is 1. The van der Waals surface area contributed by atoms with E-state index in [1.807, 2.05) is 0 Å². The molecule has 3 aromatic carbocycles. The van der Waals surface area contributed by atoms with Crippen molar-refractivity contribution in [2.75, 3.05) is 5.32 Å². The van der Waals surface area contributed by atoms with E-state index < -0.39 is 27.6 Å². The first-order chi connectivity index (χ1) is 14.2. The zero-order valence-electron chi connectivity index (χ0n) is 15.1. The monoisotopic (exact) mass is 470 g/mol. The average Bonchev–Trinajstić information content (AvgIpc) is 2.69. The topological polar surface area (TPSA) is 75.3 Å². The molecule has 1 amide bonds. The highest BCUT2D eigenvalue weighted by molar-refractivity contribution is 7.89. The van der Waals surface area contributed by atoms with Crippen LogP contribution in [0.3, 0.4) is 0 Å². The van der Waals surface area contributed by atoms with Crippen molar-refractivity contribution in [2.45, 2.75) is 11.4 Å². The Kier molecular flexibility index (Phi) is 6.72. The van der Waals surface area contributed by atoms with Gasteiger partial charge in [0.1, 0.15) is 11.6 Å². The first kappa shape index (κ1) is 22.2. The second kappa shape index (κ2) is 9.09. The van der Waals surface area contributed by atoms with Crippen molar-refractivity contribution in [3.05, 3.63) is 93.5 Å². The maximum Gasteiger partial charge on any atom is 0.255 e. The molecule has 156 valence electrons. The number of benzene rings is 3. The maximum absolute atomic E-state index is 14.4. The minimum absolute atomic E-state index is 0.119. The molecule has 30 heavy (non-hydrogen) atoms. The van der Waals surface area contributed by atoms with Crippen LogP contribution in [0.4, 0.5) is 14.5 Å². The van der Waals surface area contributed by atoms with Gasteiger partial charge in [0.15, 0.2) is 0 Å². The van der Waals surface area contributed by atoms with Crippen molar-refractivity contribution < 1.29 is 22.0 Å². The molecule has 0 fully saturated rings. The molecule has 0 spiro atoms. The number of sulfonamides is 1. The highest BCUT2D eigenvalue weighted by atomic mass is 35.5. The van der Waals surface area contributed by atoms with Crippen LogP contribution in [0.25, 0.3) is 0 Å². The first-order valence-electron chi connectivity index (χ1n) is 8.46. The molecule has 0 saturated heterocycles. The molecule has 0 atom stereocenters. The van der Waals surface area contributed by atoms with Crippen molar-refractivity contribution in [1.82, 2.24) is 4.72 Å². The third-order valence-corrected chi connectivity index (χ3v) is 6.06. The molecule has 0 bridgehead atoms. The van der Waals surface area contributed by atoms with Crippen LogP contribution in [0.2, 0.25) is 10.0 Å². The molecule has 0 heterocycles. The maximum atomic E-state index is 14.4. The Morgan fingerprint density at radius 2 is 1.63 bits per heavy atom. The van der Waals surface area contributed by atoms with Gasteiger partial charge in [0, 0.05) is 22.2 Å². The second-order valence-corrected chi connectivity index (χ2v) is 8.77. The fraction of sp³-hybridized carbons (Fsp3) is 0.0500. The van der Waals surface area contributed by atoms with Gasteiger partial charge in [-0.05, 0) is 60.2 Å². The molecule has 0 saturated carbocycles. The molecular formula is C20H14Cl2F2N2O3S. The van der Waals surface area contributed by atoms with Crippen molar-refractivity contribution in [3.8, 4) is 0 Å². The van der Waals surface area contributed by atoms with Crippen LogP contribution in [-0.4, -0.2) is 14.3 Å². The average molecular weight is 471 g/mol. The van der Waals surface area contributed by atoms with Crippen molar-refractivity contribution in [3.63, 3.8) is 0 Å². The number of hydrogen-bond acceptors (Lipinski definition) is 3. The fourth-order valence-electron chi connectivity index (χ4n) is 2.48. The molecule has 3 aromatic rings. The Morgan fingerprint density at radius 1 is 0.933 bits per heavy atom. The molecule has 5 nitrogen and oxygen atoms in total. The zero-order valence-corrected chi connectivity index (χ0v) is 17.5. The second-order valence-electron chi connectivity index (χ2n) is 6.16. The SMILES string of the molecule is O=C(Nc1ccc(S(=O)(=O)NCc2ccc(Cl)cc2Cl)cc1F)c1ccc(F)cc1. The molecule has 3 rings (SSSR count). The largest absolute Gasteiger partial charge is 0.319 e. The van der Waals surface area contributed by atoms with Crippen molar-refractivity contribution >= 4 is 44.8 Å². The summed E-state index contributed by atoms with van der Waals surface area (Å²) < 4.78 is 54.6. The van der Waals surface area contributed by atoms with Crippen LogP contribution in [0, 0.1) is 11.6 Å². The molecule has 0 aliphatic heterocycles. The van der Waals surface area contributed by atoms with E-state index in [1.165, 1.54) is 18.2 Å². The number of anilines is 1. The summed E-state index contributed by atoms with van der Waals surface area (Å²) in [7, 11) is -4.05. The van der Waals surface area contributed by atoms with Crippen LogP contribution < -0.4 is 10.0 Å². The minimum Gasteiger partial charge on any atom is -0.319 e. The lowest BCUT2D eigenvalue weighted by atomic mass is 10.2. The van der Waals surface area contributed by atoms with Crippen LogP contribution in [-0.2, 0) is 16.6 Å². The van der Waals surface area contributed by atoms with Gasteiger partial charge in [0.25, 0.3) is 5.91 Å². The van der Waals surface area contributed by atoms with E-state index in [-0.39, 0.29) is 27.7 Å². The number of hydrogen-bond donors (Lipinski definition) is 2. The van der Waals surface area contributed by atoms with Crippen LogP contribution in [0.15, 0.2) is 65.6 Å². The summed E-state index contributed by atoms with van der Waals surface area (Å²) >= 11 is 11.8. The molecule has 0 aliphatic carbocycles. The summed E-state index contributed by atoms with van der Waals surface area (Å²) in [5, 5.41) is 3.01. The molecule has 2 N–H and O–H groups in total. The number of rotatable bonds is 6. The number of halogens is 4. The number of nitrogens with one attached hydrogen (secondary N) is 2. The molecule has 0 aliphatic rings. The Labute approximate surface area is 181 Å². The quantitative estimate of drug-likeness (QED) is 0.531. The Balaban J connectivity index is 1.73. The van der Waals surface area contributed by atoms with E-state index in [9.17, 15) is 22.0 Å². The first-order valence-corrected chi connectivity index (χ1v) is 10.7. The van der Waals surface area contributed by atoms with E-state index in [2.05, 4.69) is 10.0 Å². The van der Waals surface area contributed by atoms with Crippen LogP contribution in [0.1, 0.15) is 15.9 Å². The predicted molar refractivity (Wildman–Crippen MR) is 111 cm³/mol. The Morgan fingerprint density at radius 3 is 2.27 bits per heavy atom. The van der Waals surface area contributed by atoms with Gasteiger partial charge in [-0.15, -0.1) is 0 Å². The summed E-state index contributed by atoms with van der Waals surface area (Å²) in [6, 6.07) is 12.4. The number of amides is 1. The lowest BCUT2D eigenvalue weighted by molar-refractivity contribution is 0.102. The zero-order chi connectivity index (χ0) is 21.9. The third kappa shape index (κ3) is 5.34. The summed E-state index contributed by atoms with van der Waals surface area (Å²) in [6.07, 6.45) is 0. The minimum atomic E-state index is -4.05. The van der Waals surface area contributed by atoms with E-state index in [4.69, 9.17) is 23.2 Å². The van der Waals surface area contributed by atoms with Gasteiger partial charge in [-0.3, -0.25) is 4.79 Å². The normalized spacial score (nSPS) is 11.3. The Hall–Kier alpha value is -2.52. The van der Waals surface area contributed by atoms with Gasteiger partial charge < -0.3 is 5.32 Å². The molecule has 0 unspecified atom stereocenters. The summed E-state index contributed by atoms with van der Waals surface area (Å²) in [4.78, 5) is 11.8. The van der Waals surface area contributed by atoms with Gasteiger partial charge in [-0.2, -0.15) is 0 Å². The highest BCUT2D eigenvalue weighted by Gasteiger charge is 2.18. The van der Waals surface area contributed by atoms with Gasteiger partial charge in [-0.1, -0.05) is 29.3 Å². The smallest absolute Gasteiger partial charge is 0.255 e. The summed E-state index contributed by atoms with van der Waals surface area (Å²) in [5.74, 6) is -2.13. The highest BCUT2D eigenvalue weighted by Crippen LogP contribution is 2.23. The van der Waals surface area contributed by atoms with E-state index >= 15 is 0 Å². The van der Waals surface area contributed by atoms with E-state index in [0.29, 0.717) is 10.6 Å². The van der Waals surface area contributed by atoms with Gasteiger partial charge >= 0.3 is 0 Å². The van der Waals surface area contributed by atoms with Crippen molar-refractivity contribution in [1.29, 1.82) is 0 Å².